The van der Waals surface area contributed by atoms with Crippen molar-refractivity contribution in [1.29, 1.82) is 0 Å². The number of amides is 2. The second kappa shape index (κ2) is 6.77. The Hall–Kier alpha value is -0.780. The highest BCUT2D eigenvalue weighted by Crippen LogP contribution is 2.44. The highest BCUT2D eigenvalue weighted by atomic mass is 32.2. The average Bonchev–Trinajstić information content (AvgIpc) is 3.24. The predicted molar refractivity (Wildman–Crippen MR) is 88.5 cm³/mol. The second-order valence-corrected chi connectivity index (χ2v) is 9.64. The molecular weight excluding hydrogens is 300 g/mol. The molecule has 0 saturated heterocycles. The van der Waals surface area contributed by atoms with Gasteiger partial charge in [-0.05, 0) is 32.1 Å². The quantitative estimate of drug-likeness (QED) is 0.842. The van der Waals surface area contributed by atoms with E-state index in [1.807, 2.05) is 0 Å². The maximum atomic E-state index is 12.3. The summed E-state index contributed by atoms with van der Waals surface area (Å²) in [4.78, 5) is 13.8. The summed E-state index contributed by atoms with van der Waals surface area (Å²) in [5.74, 6) is 1.41. The number of hydrogen-bond acceptors (Lipinski definition) is 3. The molecule has 2 rings (SSSR count). The second-order valence-electron chi connectivity index (χ2n) is 7.24. The van der Waals surface area contributed by atoms with Gasteiger partial charge in [0.1, 0.15) is 0 Å². The van der Waals surface area contributed by atoms with E-state index < -0.39 is 15.1 Å². The average molecular weight is 330 g/mol. The Labute approximate surface area is 134 Å². The highest BCUT2D eigenvalue weighted by molar-refractivity contribution is 7.91. The van der Waals surface area contributed by atoms with Gasteiger partial charge < -0.3 is 10.2 Å². The first-order chi connectivity index (χ1) is 10.2. The molecule has 0 radical (unpaired) electrons. The van der Waals surface area contributed by atoms with Crippen molar-refractivity contribution in [3.8, 4) is 0 Å². The largest absolute Gasteiger partial charge is 0.335 e. The molecule has 4 atom stereocenters. The van der Waals surface area contributed by atoms with Crippen LogP contribution in [0.2, 0.25) is 0 Å². The van der Waals surface area contributed by atoms with Gasteiger partial charge in [0.25, 0.3) is 0 Å². The summed E-state index contributed by atoms with van der Waals surface area (Å²) < 4.78 is 23.3. The van der Waals surface area contributed by atoms with Crippen molar-refractivity contribution in [2.24, 2.45) is 11.8 Å². The first-order valence-electron chi connectivity index (χ1n) is 8.44. The lowest BCUT2D eigenvalue weighted by molar-refractivity contribution is 0.191. The third-order valence-electron chi connectivity index (χ3n) is 5.69. The molecule has 22 heavy (non-hydrogen) atoms. The molecule has 0 bridgehead atoms. The topological polar surface area (TPSA) is 66.5 Å². The van der Waals surface area contributed by atoms with Crippen LogP contribution in [0.3, 0.4) is 0 Å². The lowest BCUT2D eigenvalue weighted by atomic mass is 9.85. The summed E-state index contributed by atoms with van der Waals surface area (Å²) in [7, 11) is -1.46. The van der Waals surface area contributed by atoms with E-state index >= 15 is 0 Å². The smallest absolute Gasteiger partial charge is 0.317 e. The Morgan fingerprint density at radius 2 is 1.77 bits per heavy atom. The molecule has 0 aromatic carbocycles. The Kier molecular flexibility index (Phi) is 5.41. The minimum Gasteiger partial charge on any atom is -0.335 e. The minimum atomic E-state index is -3.14. The van der Waals surface area contributed by atoms with Crippen molar-refractivity contribution in [2.45, 2.75) is 69.7 Å². The van der Waals surface area contributed by atoms with Gasteiger partial charge in [-0.1, -0.05) is 32.1 Å². The summed E-state index contributed by atoms with van der Waals surface area (Å²) in [5, 5.41) is 2.52. The van der Waals surface area contributed by atoms with Gasteiger partial charge in [0.15, 0.2) is 9.84 Å². The van der Waals surface area contributed by atoms with Crippen LogP contribution in [-0.2, 0) is 9.84 Å². The Bertz CT molecular complexity index is 500. The van der Waals surface area contributed by atoms with Crippen LogP contribution >= 0.6 is 0 Å². The third kappa shape index (κ3) is 4.15. The number of nitrogens with one attached hydrogen (secondary N) is 1. The number of carbonyl (C=O) groups is 1. The third-order valence-corrected chi connectivity index (χ3v) is 7.43. The molecule has 2 amide bonds. The van der Waals surface area contributed by atoms with Crippen LogP contribution < -0.4 is 5.32 Å². The Morgan fingerprint density at radius 3 is 2.32 bits per heavy atom. The Morgan fingerprint density at radius 1 is 1.18 bits per heavy atom. The van der Waals surface area contributed by atoms with Crippen molar-refractivity contribution >= 4 is 15.9 Å². The van der Waals surface area contributed by atoms with E-state index in [4.69, 9.17) is 0 Å². The van der Waals surface area contributed by atoms with Gasteiger partial charge in [-0.25, -0.2) is 13.2 Å². The SMILES string of the molecule is C[C@H]([C@H](C)S(C)(=O)=O)N(C)C(=O)N[C@@H]1C[C@@H]1C1CCCCC1. The van der Waals surface area contributed by atoms with E-state index in [1.54, 1.807) is 20.9 Å². The van der Waals surface area contributed by atoms with E-state index in [2.05, 4.69) is 5.32 Å². The Balaban J connectivity index is 1.82. The van der Waals surface area contributed by atoms with E-state index in [0.29, 0.717) is 12.0 Å². The van der Waals surface area contributed by atoms with Gasteiger partial charge in [0, 0.05) is 25.4 Å². The minimum absolute atomic E-state index is 0.147. The van der Waals surface area contributed by atoms with E-state index in [9.17, 15) is 13.2 Å². The van der Waals surface area contributed by atoms with Crippen molar-refractivity contribution in [2.75, 3.05) is 13.3 Å². The van der Waals surface area contributed by atoms with Crippen LogP contribution in [0.4, 0.5) is 4.79 Å². The molecule has 0 heterocycles. The lowest BCUT2D eigenvalue weighted by Gasteiger charge is -2.29. The predicted octanol–water partition coefficient (Wildman–Crippen LogP) is 2.42. The number of sulfone groups is 1. The molecule has 6 heteroatoms. The van der Waals surface area contributed by atoms with Crippen LogP contribution in [0.25, 0.3) is 0 Å². The van der Waals surface area contributed by atoms with Crippen LogP contribution in [0.5, 0.6) is 0 Å². The number of carbonyl (C=O) groups excluding carboxylic acids is 1. The first kappa shape index (κ1) is 17.6. The number of hydrogen-bond donors (Lipinski definition) is 1. The zero-order valence-corrected chi connectivity index (χ0v) is 15.0. The standard InChI is InChI=1S/C16H30N2O3S/c1-11(12(2)22(4,20)21)18(3)16(19)17-15-10-14(15)13-8-6-5-7-9-13/h11-15H,5-10H2,1-4H3,(H,17,19)/t11-,12+,14-,15-/m1/s1. The number of nitrogens with zero attached hydrogens (tertiary/aromatic N) is 1. The highest BCUT2D eigenvalue weighted by Gasteiger charge is 2.44. The molecule has 2 aliphatic rings. The van der Waals surface area contributed by atoms with Crippen molar-refractivity contribution < 1.29 is 13.2 Å². The van der Waals surface area contributed by atoms with Crippen molar-refractivity contribution in [3.05, 3.63) is 0 Å². The maximum Gasteiger partial charge on any atom is 0.317 e. The molecule has 1 N–H and O–H groups in total. The maximum absolute atomic E-state index is 12.3. The lowest BCUT2D eigenvalue weighted by Crippen LogP contribution is -2.49. The summed E-state index contributed by atoms with van der Waals surface area (Å²) in [6, 6.07) is -0.188. The molecule has 128 valence electrons. The van der Waals surface area contributed by atoms with Crippen LogP contribution in [-0.4, -0.2) is 50.0 Å². The fourth-order valence-electron chi connectivity index (χ4n) is 3.58. The summed E-state index contributed by atoms with van der Waals surface area (Å²) in [6.45, 7) is 3.45. The van der Waals surface area contributed by atoms with Gasteiger partial charge in [0.05, 0.1) is 5.25 Å². The molecule has 0 unspecified atom stereocenters. The molecule has 0 aliphatic heterocycles. The van der Waals surface area contributed by atoms with Crippen LogP contribution in [0.1, 0.15) is 52.4 Å². The first-order valence-corrected chi connectivity index (χ1v) is 10.4. The van der Waals surface area contributed by atoms with E-state index in [-0.39, 0.29) is 12.1 Å². The molecule has 2 saturated carbocycles. The molecule has 0 aromatic heterocycles. The van der Waals surface area contributed by atoms with Crippen molar-refractivity contribution in [1.82, 2.24) is 10.2 Å². The van der Waals surface area contributed by atoms with Gasteiger partial charge in [-0.2, -0.15) is 0 Å². The molecule has 0 aromatic rings. The van der Waals surface area contributed by atoms with Gasteiger partial charge in [-0.15, -0.1) is 0 Å². The summed E-state index contributed by atoms with van der Waals surface area (Å²) in [5.41, 5.74) is 0. The van der Waals surface area contributed by atoms with Crippen molar-refractivity contribution in [3.63, 3.8) is 0 Å². The zero-order valence-electron chi connectivity index (χ0n) is 14.2. The molecule has 2 aliphatic carbocycles. The normalized spacial score (nSPS) is 28.7. The number of urea groups is 1. The van der Waals surface area contributed by atoms with Gasteiger partial charge >= 0.3 is 6.03 Å². The van der Waals surface area contributed by atoms with Crippen LogP contribution in [0, 0.1) is 11.8 Å². The summed E-state index contributed by atoms with van der Waals surface area (Å²) in [6.07, 6.45) is 8.90. The fourth-order valence-corrected chi connectivity index (χ4v) is 4.48. The van der Waals surface area contributed by atoms with Crippen LogP contribution in [0.15, 0.2) is 0 Å². The van der Waals surface area contributed by atoms with Gasteiger partial charge in [0.2, 0.25) is 0 Å². The van der Waals surface area contributed by atoms with E-state index in [0.717, 1.165) is 12.3 Å². The molecule has 0 spiro atoms. The van der Waals surface area contributed by atoms with E-state index in [1.165, 1.54) is 43.3 Å². The fraction of sp³-hybridized carbons (Fsp3) is 0.938. The molecule has 2 fully saturated rings. The summed E-state index contributed by atoms with van der Waals surface area (Å²) >= 11 is 0. The zero-order chi connectivity index (χ0) is 16.5. The molecule has 5 nitrogen and oxygen atoms in total. The molecular formula is C16H30N2O3S. The monoisotopic (exact) mass is 330 g/mol. The number of rotatable bonds is 5. The van der Waals surface area contributed by atoms with Gasteiger partial charge in [-0.3, -0.25) is 0 Å².